The van der Waals surface area contributed by atoms with Crippen molar-refractivity contribution in [3.05, 3.63) is 77.4 Å². The van der Waals surface area contributed by atoms with Crippen LogP contribution >= 0.6 is 0 Å². The Morgan fingerprint density at radius 1 is 1.08 bits per heavy atom. The molecule has 0 unspecified atom stereocenters. The number of Topliss-reactive ketones (excluding diaryl/α,β-unsaturated/α-hetero) is 1. The van der Waals surface area contributed by atoms with Gasteiger partial charge in [-0.2, -0.15) is 0 Å². The number of phenols is 1. The van der Waals surface area contributed by atoms with Gasteiger partial charge in [-0.3, -0.25) is 9.59 Å². The van der Waals surface area contributed by atoms with Gasteiger partial charge in [0.15, 0.2) is 5.78 Å². The maximum absolute atomic E-state index is 11.7. The molecule has 0 aliphatic carbocycles. The number of carbonyl (C=O) groups excluding carboxylic acids is 2. The number of hydrogen-bond acceptors (Lipinski definition) is 4. The van der Waals surface area contributed by atoms with E-state index in [-0.39, 0.29) is 17.5 Å². The van der Waals surface area contributed by atoms with Gasteiger partial charge in [0.05, 0.1) is 0 Å². The summed E-state index contributed by atoms with van der Waals surface area (Å²) >= 11 is 0. The van der Waals surface area contributed by atoms with Gasteiger partial charge in [0, 0.05) is 12.0 Å². The van der Waals surface area contributed by atoms with E-state index in [0.717, 1.165) is 17.5 Å². The number of carbonyl (C=O) groups is 2. The van der Waals surface area contributed by atoms with Crippen LogP contribution in [0.25, 0.3) is 0 Å². The first-order valence-corrected chi connectivity index (χ1v) is 8.73. The third-order valence-electron chi connectivity index (χ3n) is 3.98. The largest absolute Gasteiger partial charge is 0.508 e. The first-order valence-electron chi connectivity index (χ1n) is 8.73. The molecule has 4 nitrogen and oxygen atoms in total. The molecule has 0 fully saturated rings. The monoisotopic (exact) mass is 352 g/mol. The van der Waals surface area contributed by atoms with Crippen LogP contribution in [0.1, 0.15) is 47.7 Å². The summed E-state index contributed by atoms with van der Waals surface area (Å²) in [5, 5.41) is 9.84. The molecular formula is C22H24O4. The predicted molar refractivity (Wildman–Crippen MR) is 101 cm³/mol. The Morgan fingerprint density at radius 3 is 2.58 bits per heavy atom. The summed E-state index contributed by atoms with van der Waals surface area (Å²) in [5.41, 5.74) is 2.29. The van der Waals surface area contributed by atoms with Crippen LogP contribution in [0, 0.1) is 0 Å². The fourth-order valence-corrected chi connectivity index (χ4v) is 2.47. The minimum absolute atomic E-state index is 0.0238. The average molecular weight is 352 g/mol. The number of phenolic OH excluding ortho intramolecular Hbond substituents is 1. The van der Waals surface area contributed by atoms with Crippen molar-refractivity contribution in [2.45, 2.75) is 39.2 Å². The van der Waals surface area contributed by atoms with Crippen LogP contribution in [0.3, 0.4) is 0 Å². The van der Waals surface area contributed by atoms with Gasteiger partial charge >= 0.3 is 5.97 Å². The number of rotatable bonds is 9. The SMILES string of the molecule is CC(=O)c1ccc(O)c(C/C=C\CCCC(=O)OCc2ccccc2)c1. The van der Waals surface area contributed by atoms with Gasteiger partial charge in [-0.25, -0.2) is 0 Å². The van der Waals surface area contributed by atoms with E-state index in [4.69, 9.17) is 4.74 Å². The van der Waals surface area contributed by atoms with Crippen LogP contribution in [-0.4, -0.2) is 16.9 Å². The Hall–Kier alpha value is -2.88. The van der Waals surface area contributed by atoms with Gasteiger partial charge in [0.25, 0.3) is 0 Å². The Labute approximate surface area is 154 Å². The molecule has 0 radical (unpaired) electrons. The van der Waals surface area contributed by atoms with Gasteiger partial charge in [0.1, 0.15) is 12.4 Å². The fourth-order valence-electron chi connectivity index (χ4n) is 2.47. The number of aromatic hydroxyl groups is 1. The van der Waals surface area contributed by atoms with Crippen molar-refractivity contribution >= 4 is 11.8 Å². The lowest BCUT2D eigenvalue weighted by molar-refractivity contribution is -0.145. The molecule has 0 bridgehead atoms. The molecule has 0 aromatic heterocycles. The van der Waals surface area contributed by atoms with Crippen molar-refractivity contribution in [3.63, 3.8) is 0 Å². The van der Waals surface area contributed by atoms with E-state index >= 15 is 0 Å². The first-order chi connectivity index (χ1) is 12.6. The molecule has 0 heterocycles. The number of benzene rings is 2. The third-order valence-corrected chi connectivity index (χ3v) is 3.98. The Kier molecular flexibility index (Phi) is 7.62. The van der Waals surface area contributed by atoms with Crippen molar-refractivity contribution in [2.24, 2.45) is 0 Å². The molecule has 2 aromatic carbocycles. The van der Waals surface area contributed by atoms with E-state index in [0.29, 0.717) is 31.4 Å². The fraction of sp³-hybridized carbons (Fsp3) is 0.273. The Bertz CT molecular complexity index is 763. The van der Waals surface area contributed by atoms with E-state index in [1.165, 1.54) is 6.92 Å². The van der Waals surface area contributed by atoms with Gasteiger partial charge in [-0.05, 0) is 55.5 Å². The highest BCUT2D eigenvalue weighted by Crippen LogP contribution is 2.20. The van der Waals surface area contributed by atoms with E-state index in [1.807, 2.05) is 42.5 Å². The quantitative estimate of drug-likeness (QED) is 0.310. The molecular weight excluding hydrogens is 328 g/mol. The number of unbranched alkanes of at least 4 members (excludes halogenated alkanes) is 1. The first kappa shape index (κ1) is 19.4. The number of esters is 1. The lowest BCUT2D eigenvalue weighted by Crippen LogP contribution is -2.03. The second-order valence-corrected chi connectivity index (χ2v) is 6.11. The highest BCUT2D eigenvalue weighted by Gasteiger charge is 2.05. The van der Waals surface area contributed by atoms with Gasteiger partial charge in [-0.1, -0.05) is 42.5 Å². The third kappa shape index (κ3) is 6.55. The second-order valence-electron chi connectivity index (χ2n) is 6.11. The standard InChI is InChI=1S/C22H24O4/c1-17(23)19-13-14-21(24)20(15-19)11-7-2-3-8-12-22(25)26-16-18-9-5-4-6-10-18/h2,4-7,9-10,13-15,24H,3,8,11-12,16H2,1H3/b7-2-. The molecule has 0 aliphatic rings. The molecule has 0 amide bonds. The minimum atomic E-state index is -0.200. The second kappa shape index (κ2) is 10.2. The molecule has 2 rings (SSSR count). The van der Waals surface area contributed by atoms with Crippen LogP contribution in [-0.2, 0) is 22.6 Å². The summed E-state index contributed by atoms with van der Waals surface area (Å²) in [5.74, 6) is -0.0394. The van der Waals surface area contributed by atoms with Crippen LogP contribution in [0.5, 0.6) is 5.75 Å². The lowest BCUT2D eigenvalue weighted by Gasteiger charge is -2.04. The molecule has 0 saturated carbocycles. The minimum Gasteiger partial charge on any atom is -0.508 e. The summed E-state index contributed by atoms with van der Waals surface area (Å²) in [4.78, 5) is 23.1. The molecule has 2 aromatic rings. The Morgan fingerprint density at radius 2 is 1.85 bits per heavy atom. The van der Waals surface area contributed by atoms with E-state index in [9.17, 15) is 14.7 Å². The van der Waals surface area contributed by atoms with Crippen LogP contribution in [0.4, 0.5) is 0 Å². The zero-order chi connectivity index (χ0) is 18.8. The van der Waals surface area contributed by atoms with Gasteiger partial charge in [-0.15, -0.1) is 0 Å². The van der Waals surface area contributed by atoms with Crippen molar-refractivity contribution in [3.8, 4) is 5.75 Å². The lowest BCUT2D eigenvalue weighted by atomic mass is 10.0. The van der Waals surface area contributed by atoms with Crippen LogP contribution in [0.15, 0.2) is 60.7 Å². The van der Waals surface area contributed by atoms with E-state index in [2.05, 4.69) is 0 Å². The highest BCUT2D eigenvalue weighted by molar-refractivity contribution is 5.94. The zero-order valence-electron chi connectivity index (χ0n) is 15.0. The smallest absolute Gasteiger partial charge is 0.306 e. The van der Waals surface area contributed by atoms with Crippen molar-refractivity contribution in [1.29, 1.82) is 0 Å². The number of hydrogen-bond donors (Lipinski definition) is 1. The van der Waals surface area contributed by atoms with E-state index in [1.54, 1.807) is 18.2 Å². The number of ether oxygens (including phenoxy) is 1. The zero-order valence-corrected chi connectivity index (χ0v) is 15.0. The van der Waals surface area contributed by atoms with Crippen LogP contribution in [0.2, 0.25) is 0 Å². The van der Waals surface area contributed by atoms with Crippen molar-refractivity contribution in [2.75, 3.05) is 0 Å². The normalized spacial score (nSPS) is 10.8. The molecule has 136 valence electrons. The molecule has 0 aliphatic heterocycles. The predicted octanol–water partition coefficient (Wildman–Crippen LogP) is 4.61. The number of ketones is 1. The average Bonchev–Trinajstić information content (AvgIpc) is 2.64. The molecule has 26 heavy (non-hydrogen) atoms. The Balaban J connectivity index is 1.67. The highest BCUT2D eigenvalue weighted by atomic mass is 16.5. The molecule has 0 saturated heterocycles. The van der Waals surface area contributed by atoms with Crippen molar-refractivity contribution in [1.82, 2.24) is 0 Å². The summed E-state index contributed by atoms with van der Waals surface area (Å²) in [7, 11) is 0. The topological polar surface area (TPSA) is 63.6 Å². The summed E-state index contributed by atoms with van der Waals surface area (Å²) in [6, 6.07) is 14.5. The van der Waals surface area contributed by atoms with Crippen molar-refractivity contribution < 1.29 is 19.4 Å². The molecule has 4 heteroatoms. The maximum Gasteiger partial charge on any atom is 0.306 e. The number of allylic oxidation sites excluding steroid dienone is 2. The van der Waals surface area contributed by atoms with Gasteiger partial charge < -0.3 is 9.84 Å². The molecule has 1 N–H and O–H groups in total. The summed E-state index contributed by atoms with van der Waals surface area (Å²) < 4.78 is 5.23. The van der Waals surface area contributed by atoms with Gasteiger partial charge in [0.2, 0.25) is 0 Å². The summed E-state index contributed by atoms with van der Waals surface area (Å²) in [6.07, 6.45) is 6.31. The maximum atomic E-state index is 11.7. The molecule has 0 spiro atoms. The van der Waals surface area contributed by atoms with Crippen LogP contribution < -0.4 is 0 Å². The van der Waals surface area contributed by atoms with E-state index < -0.39 is 0 Å². The summed E-state index contributed by atoms with van der Waals surface area (Å²) in [6.45, 7) is 1.81. The molecule has 0 atom stereocenters.